The van der Waals surface area contributed by atoms with Gasteiger partial charge in [-0.1, -0.05) is 46.6 Å². The first-order valence-corrected chi connectivity index (χ1v) is 6.40. The Labute approximate surface area is 125 Å². The van der Waals surface area contributed by atoms with Crippen LogP contribution < -0.4 is 4.74 Å². The van der Waals surface area contributed by atoms with E-state index in [0.29, 0.717) is 11.1 Å². The third-order valence-electron chi connectivity index (χ3n) is 2.56. The average molecular weight is 314 g/mol. The van der Waals surface area contributed by atoms with Crippen LogP contribution in [0.5, 0.6) is 5.75 Å². The minimum atomic E-state index is -0.358. The van der Waals surface area contributed by atoms with Crippen molar-refractivity contribution in [2.24, 2.45) is 5.16 Å². The molecule has 0 atom stereocenters. The predicted molar refractivity (Wildman–Crippen MR) is 76.6 cm³/mol. The highest BCUT2D eigenvalue weighted by molar-refractivity contribution is 6.37. The van der Waals surface area contributed by atoms with Gasteiger partial charge in [-0.2, -0.15) is 0 Å². The first-order valence-electron chi connectivity index (χ1n) is 5.64. The lowest BCUT2D eigenvalue weighted by molar-refractivity contribution is 0.300. The number of oxime groups is 1. The van der Waals surface area contributed by atoms with Crippen molar-refractivity contribution in [3.63, 3.8) is 0 Å². The molecule has 0 saturated heterocycles. The van der Waals surface area contributed by atoms with E-state index in [1.165, 1.54) is 24.4 Å². The summed E-state index contributed by atoms with van der Waals surface area (Å²) in [5, 5.41) is 11.9. The van der Waals surface area contributed by atoms with E-state index in [-0.39, 0.29) is 28.2 Å². The molecule has 20 heavy (non-hydrogen) atoms. The number of ether oxygens (including phenoxy) is 1. The lowest BCUT2D eigenvalue weighted by atomic mass is 10.2. The Morgan fingerprint density at radius 1 is 1.20 bits per heavy atom. The number of hydrogen-bond acceptors (Lipinski definition) is 3. The van der Waals surface area contributed by atoms with Gasteiger partial charge in [-0.05, 0) is 23.8 Å². The van der Waals surface area contributed by atoms with Gasteiger partial charge in [-0.3, -0.25) is 0 Å². The van der Waals surface area contributed by atoms with Crippen molar-refractivity contribution in [2.75, 3.05) is 0 Å². The van der Waals surface area contributed by atoms with E-state index < -0.39 is 0 Å². The van der Waals surface area contributed by atoms with Crippen molar-refractivity contribution in [3.8, 4) is 5.75 Å². The van der Waals surface area contributed by atoms with Gasteiger partial charge in [0, 0.05) is 5.56 Å². The maximum absolute atomic E-state index is 13.5. The Morgan fingerprint density at radius 3 is 2.45 bits per heavy atom. The summed E-state index contributed by atoms with van der Waals surface area (Å²) in [5.74, 6) is -0.101. The molecule has 0 aliphatic rings. The second-order valence-corrected chi connectivity index (χ2v) is 4.75. The molecule has 0 unspecified atom stereocenters. The molecule has 0 bridgehead atoms. The molecule has 1 N–H and O–H groups in total. The molecular formula is C14H10Cl2FNO2. The normalized spacial score (nSPS) is 10.9. The van der Waals surface area contributed by atoms with Gasteiger partial charge in [0.15, 0.2) is 5.75 Å². The zero-order valence-electron chi connectivity index (χ0n) is 10.2. The topological polar surface area (TPSA) is 41.8 Å². The van der Waals surface area contributed by atoms with Crippen molar-refractivity contribution < 1.29 is 14.3 Å². The van der Waals surface area contributed by atoms with Gasteiger partial charge in [0.25, 0.3) is 0 Å². The Balaban J connectivity index is 2.20. The maximum atomic E-state index is 13.5. The zero-order valence-corrected chi connectivity index (χ0v) is 11.7. The quantitative estimate of drug-likeness (QED) is 0.512. The SMILES string of the molecule is O/N=C\c1cc(Cl)c(OCc2ccccc2F)c(Cl)c1. The summed E-state index contributed by atoms with van der Waals surface area (Å²) < 4.78 is 18.9. The van der Waals surface area contributed by atoms with Gasteiger partial charge in [-0.25, -0.2) is 4.39 Å². The highest BCUT2D eigenvalue weighted by Crippen LogP contribution is 2.34. The fraction of sp³-hybridized carbons (Fsp3) is 0.0714. The van der Waals surface area contributed by atoms with Crippen LogP contribution in [-0.2, 0) is 6.61 Å². The third kappa shape index (κ3) is 3.40. The first-order chi connectivity index (χ1) is 9.61. The molecule has 0 aromatic heterocycles. The van der Waals surface area contributed by atoms with E-state index in [2.05, 4.69) is 5.16 Å². The molecule has 0 spiro atoms. The van der Waals surface area contributed by atoms with Crippen LogP contribution in [0.2, 0.25) is 10.0 Å². The molecule has 6 heteroatoms. The highest BCUT2D eigenvalue weighted by Gasteiger charge is 2.10. The molecule has 3 nitrogen and oxygen atoms in total. The van der Waals surface area contributed by atoms with Crippen molar-refractivity contribution in [3.05, 3.63) is 63.4 Å². The maximum Gasteiger partial charge on any atom is 0.157 e. The summed E-state index contributed by atoms with van der Waals surface area (Å²) in [5.41, 5.74) is 0.932. The zero-order chi connectivity index (χ0) is 14.5. The molecule has 0 saturated carbocycles. The molecule has 2 aromatic rings. The van der Waals surface area contributed by atoms with Gasteiger partial charge >= 0.3 is 0 Å². The molecule has 0 aliphatic heterocycles. The Hall–Kier alpha value is -1.78. The summed E-state index contributed by atoms with van der Waals surface area (Å²) in [6, 6.07) is 9.34. The summed E-state index contributed by atoms with van der Waals surface area (Å²) in [4.78, 5) is 0. The van der Waals surface area contributed by atoms with Crippen LogP contribution in [0.3, 0.4) is 0 Å². The molecule has 0 fully saturated rings. The highest BCUT2D eigenvalue weighted by atomic mass is 35.5. The van der Waals surface area contributed by atoms with Crippen LogP contribution in [0.4, 0.5) is 4.39 Å². The second-order valence-electron chi connectivity index (χ2n) is 3.94. The van der Waals surface area contributed by atoms with Crippen molar-refractivity contribution in [1.82, 2.24) is 0 Å². The lowest BCUT2D eigenvalue weighted by Crippen LogP contribution is -1.99. The van der Waals surface area contributed by atoms with Crippen LogP contribution >= 0.6 is 23.2 Å². The van der Waals surface area contributed by atoms with Crippen molar-refractivity contribution in [2.45, 2.75) is 6.61 Å². The Bertz CT molecular complexity index is 624. The Kier molecular flexibility index (Phi) is 4.82. The van der Waals surface area contributed by atoms with E-state index in [0.717, 1.165) is 0 Å². The minimum absolute atomic E-state index is 0.0134. The smallest absolute Gasteiger partial charge is 0.157 e. The molecule has 0 amide bonds. The number of benzene rings is 2. The number of hydrogen-bond donors (Lipinski definition) is 1. The van der Waals surface area contributed by atoms with E-state index in [1.54, 1.807) is 18.2 Å². The third-order valence-corrected chi connectivity index (χ3v) is 3.12. The van der Waals surface area contributed by atoms with Gasteiger partial charge in [0.05, 0.1) is 16.3 Å². The van der Waals surface area contributed by atoms with Crippen LogP contribution in [0.25, 0.3) is 0 Å². The van der Waals surface area contributed by atoms with Gasteiger partial charge in [0.1, 0.15) is 12.4 Å². The van der Waals surface area contributed by atoms with Crippen LogP contribution in [0.1, 0.15) is 11.1 Å². The molecule has 0 aliphatic carbocycles. The summed E-state index contributed by atoms with van der Waals surface area (Å²) in [7, 11) is 0. The summed E-state index contributed by atoms with van der Waals surface area (Å²) in [6.07, 6.45) is 1.19. The van der Waals surface area contributed by atoms with E-state index in [4.69, 9.17) is 33.1 Å². The lowest BCUT2D eigenvalue weighted by Gasteiger charge is -2.11. The fourth-order valence-electron chi connectivity index (χ4n) is 1.62. The van der Waals surface area contributed by atoms with Crippen molar-refractivity contribution in [1.29, 1.82) is 0 Å². The molecule has 0 heterocycles. The molecule has 104 valence electrons. The monoisotopic (exact) mass is 313 g/mol. The van der Waals surface area contributed by atoms with E-state index in [1.807, 2.05) is 0 Å². The Morgan fingerprint density at radius 2 is 1.85 bits per heavy atom. The second kappa shape index (κ2) is 6.59. The van der Waals surface area contributed by atoms with Crippen LogP contribution in [0, 0.1) is 5.82 Å². The molecular weight excluding hydrogens is 304 g/mol. The minimum Gasteiger partial charge on any atom is -0.486 e. The molecule has 2 rings (SSSR count). The van der Waals surface area contributed by atoms with Gasteiger partial charge in [-0.15, -0.1) is 0 Å². The molecule has 0 radical (unpaired) electrons. The predicted octanol–water partition coefficient (Wildman–Crippen LogP) is 4.52. The summed E-state index contributed by atoms with van der Waals surface area (Å²) >= 11 is 12.1. The molecule has 2 aromatic carbocycles. The van der Waals surface area contributed by atoms with Gasteiger partial charge in [0.2, 0.25) is 0 Å². The largest absolute Gasteiger partial charge is 0.486 e. The fourth-order valence-corrected chi connectivity index (χ4v) is 2.24. The van der Waals surface area contributed by atoms with Crippen LogP contribution in [0.15, 0.2) is 41.6 Å². The van der Waals surface area contributed by atoms with E-state index in [9.17, 15) is 4.39 Å². The number of rotatable bonds is 4. The summed E-state index contributed by atoms with van der Waals surface area (Å²) in [6.45, 7) is 0.0134. The first kappa shape index (κ1) is 14.6. The average Bonchev–Trinajstić information content (AvgIpc) is 2.40. The number of halogens is 3. The van der Waals surface area contributed by atoms with E-state index >= 15 is 0 Å². The number of nitrogens with zero attached hydrogens (tertiary/aromatic N) is 1. The van der Waals surface area contributed by atoms with Crippen LogP contribution in [-0.4, -0.2) is 11.4 Å². The van der Waals surface area contributed by atoms with Crippen molar-refractivity contribution >= 4 is 29.4 Å². The van der Waals surface area contributed by atoms with Gasteiger partial charge < -0.3 is 9.94 Å². The standard InChI is InChI=1S/C14H10Cl2FNO2/c15-11-5-9(7-18-19)6-12(16)14(11)20-8-10-3-1-2-4-13(10)17/h1-7,19H,8H2/b18-7-.